The Hall–Kier alpha value is -3.58. The van der Waals surface area contributed by atoms with Crippen molar-refractivity contribution in [3.8, 4) is 11.3 Å². The number of thiazole rings is 1. The second kappa shape index (κ2) is 9.49. The Kier molecular flexibility index (Phi) is 6.33. The molecule has 31 heavy (non-hydrogen) atoms. The Labute approximate surface area is 185 Å². The molecular weight excluding hydrogens is 408 g/mol. The molecule has 3 aromatic rings. The molecule has 0 saturated carbocycles. The Bertz CT molecular complexity index is 1110. The minimum atomic E-state index is -0.251. The molecule has 1 aliphatic heterocycles. The van der Waals surface area contributed by atoms with Crippen LogP contribution in [-0.4, -0.2) is 34.1 Å². The fourth-order valence-electron chi connectivity index (χ4n) is 3.30. The number of hydrazone groups is 1. The van der Waals surface area contributed by atoms with Crippen molar-refractivity contribution in [3.63, 3.8) is 0 Å². The zero-order chi connectivity index (χ0) is 21.6. The summed E-state index contributed by atoms with van der Waals surface area (Å²) in [7, 11) is 0. The number of hydrogen-bond acceptors (Lipinski definition) is 5. The van der Waals surface area contributed by atoms with Gasteiger partial charge in [-0.15, -0.1) is 17.9 Å². The van der Waals surface area contributed by atoms with Crippen molar-refractivity contribution in [1.82, 2.24) is 9.99 Å². The molecule has 2 aromatic carbocycles. The fourth-order valence-corrected chi connectivity index (χ4v) is 4.14. The Morgan fingerprint density at radius 2 is 1.81 bits per heavy atom. The molecule has 0 atom stereocenters. The number of aromatic nitrogens is 1. The van der Waals surface area contributed by atoms with Crippen LogP contribution in [0.15, 0.2) is 83.8 Å². The molecule has 156 valence electrons. The van der Waals surface area contributed by atoms with E-state index >= 15 is 0 Å². The number of amides is 2. The topological polar surface area (TPSA) is 65.9 Å². The smallest absolute Gasteiger partial charge is 0.276 e. The predicted octanol–water partition coefficient (Wildman–Crippen LogP) is 4.51. The van der Waals surface area contributed by atoms with Crippen molar-refractivity contribution in [2.45, 2.75) is 19.4 Å². The molecule has 1 aliphatic rings. The fraction of sp³-hybridized carbons (Fsp3) is 0.167. The zero-order valence-electron chi connectivity index (χ0n) is 17.0. The maximum atomic E-state index is 13.3. The van der Waals surface area contributed by atoms with E-state index in [4.69, 9.17) is 0 Å². The van der Waals surface area contributed by atoms with Gasteiger partial charge in [-0.05, 0) is 5.56 Å². The highest BCUT2D eigenvalue weighted by atomic mass is 32.1. The van der Waals surface area contributed by atoms with Gasteiger partial charge in [0.25, 0.3) is 5.91 Å². The van der Waals surface area contributed by atoms with Crippen LogP contribution >= 0.6 is 11.3 Å². The summed E-state index contributed by atoms with van der Waals surface area (Å²) in [6, 6.07) is 19.4. The van der Waals surface area contributed by atoms with Crippen LogP contribution in [0.2, 0.25) is 0 Å². The average molecular weight is 431 g/mol. The van der Waals surface area contributed by atoms with Gasteiger partial charge in [0.1, 0.15) is 5.71 Å². The van der Waals surface area contributed by atoms with E-state index in [0.29, 0.717) is 30.4 Å². The highest BCUT2D eigenvalue weighted by molar-refractivity contribution is 7.14. The Morgan fingerprint density at radius 1 is 1.10 bits per heavy atom. The summed E-state index contributed by atoms with van der Waals surface area (Å²) in [5.41, 5.74) is 3.12. The summed E-state index contributed by atoms with van der Waals surface area (Å²) < 4.78 is 0. The second-order valence-electron chi connectivity index (χ2n) is 7.07. The van der Waals surface area contributed by atoms with E-state index in [0.717, 1.165) is 16.8 Å². The lowest BCUT2D eigenvalue weighted by Crippen LogP contribution is -2.41. The molecule has 0 saturated heterocycles. The first-order valence-electron chi connectivity index (χ1n) is 10.0. The molecule has 2 amide bonds. The highest BCUT2D eigenvalue weighted by Gasteiger charge is 2.29. The third kappa shape index (κ3) is 4.78. The van der Waals surface area contributed by atoms with Gasteiger partial charge in [-0.2, -0.15) is 5.10 Å². The molecule has 2 heterocycles. The van der Waals surface area contributed by atoms with E-state index in [9.17, 15) is 9.59 Å². The van der Waals surface area contributed by atoms with Gasteiger partial charge in [0.15, 0.2) is 5.13 Å². The second-order valence-corrected chi connectivity index (χ2v) is 7.91. The number of hydrogen-bond donors (Lipinski definition) is 0. The third-order valence-electron chi connectivity index (χ3n) is 4.88. The predicted molar refractivity (Wildman–Crippen MR) is 124 cm³/mol. The van der Waals surface area contributed by atoms with Crippen molar-refractivity contribution < 1.29 is 9.59 Å². The first kappa shape index (κ1) is 20.7. The summed E-state index contributed by atoms with van der Waals surface area (Å²) in [5.74, 6) is -0.337. The summed E-state index contributed by atoms with van der Waals surface area (Å²) in [6.45, 7) is 4.43. The lowest BCUT2D eigenvalue weighted by Gasteiger charge is -2.25. The van der Waals surface area contributed by atoms with Crippen molar-refractivity contribution in [2.75, 3.05) is 11.4 Å². The molecule has 0 N–H and O–H groups in total. The molecule has 4 rings (SSSR count). The van der Waals surface area contributed by atoms with Crippen LogP contribution in [0.3, 0.4) is 0 Å². The first-order chi connectivity index (χ1) is 15.2. The number of nitrogens with zero attached hydrogens (tertiary/aromatic N) is 4. The summed E-state index contributed by atoms with van der Waals surface area (Å²) >= 11 is 1.40. The molecule has 0 bridgehead atoms. The van der Waals surface area contributed by atoms with E-state index in [1.807, 2.05) is 66.0 Å². The van der Waals surface area contributed by atoms with Gasteiger partial charge in [-0.25, -0.2) is 9.99 Å². The van der Waals surface area contributed by atoms with Crippen LogP contribution in [0.1, 0.15) is 18.4 Å². The number of benzene rings is 2. The molecule has 0 unspecified atom stereocenters. The van der Waals surface area contributed by atoms with Gasteiger partial charge in [-0.3, -0.25) is 14.5 Å². The van der Waals surface area contributed by atoms with Crippen LogP contribution < -0.4 is 4.90 Å². The molecule has 0 radical (unpaired) electrons. The molecule has 1 aromatic heterocycles. The van der Waals surface area contributed by atoms with Gasteiger partial charge < -0.3 is 0 Å². The Morgan fingerprint density at radius 3 is 2.52 bits per heavy atom. The molecular formula is C24H22N4O2S. The largest absolute Gasteiger partial charge is 0.279 e. The van der Waals surface area contributed by atoms with Crippen LogP contribution in [0, 0.1) is 0 Å². The summed E-state index contributed by atoms with van der Waals surface area (Å²) in [6.07, 6.45) is 2.23. The molecule has 0 aliphatic carbocycles. The lowest BCUT2D eigenvalue weighted by molar-refractivity contribution is -0.132. The van der Waals surface area contributed by atoms with E-state index in [1.54, 1.807) is 11.0 Å². The molecule has 6 nitrogen and oxygen atoms in total. The van der Waals surface area contributed by atoms with Crippen molar-refractivity contribution in [2.24, 2.45) is 5.10 Å². The number of carbonyl (C=O) groups excluding carboxylic acids is 2. The van der Waals surface area contributed by atoms with E-state index in [-0.39, 0.29) is 18.2 Å². The zero-order valence-corrected chi connectivity index (χ0v) is 17.8. The lowest BCUT2D eigenvalue weighted by atomic mass is 10.1. The van der Waals surface area contributed by atoms with Crippen molar-refractivity contribution in [1.29, 1.82) is 0 Å². The maximum Gasteiger partial charge on any atom is 0.276 e. The van der Waals surface area contributed by atoms with Gasteiger partial charge in [0, 0.05) is 30.3 Å². The first-order valence-corrected chi connectivity index (χ1v) is 10.9. The SMILES string of the molecule is C=CCN(C(=O)C1=NN(Cc2ccccc2)C(=O)CC1)c1nc(-c2ccccc2)cs1. The minimum Gasteiger partial charge on any atom is -0.279 e. The van der Waals surface area contributed by atoms with Gasteiger partial charge in [0.2, 0.25) is 5.91 Å². The number of rotatable bonds is 7. The quantitative estimate of drug-likeness (QED) is 0.518. The van der Waals surface area contributed by atoms with Crippen LogP contribution in [0.5, 0.6) is 0 Å². The summed E-state index contributed by atoms with van der Waals surface area (Å²) in [5, 5.41) is 8.30. The standard InChI is InChI=1S/C24H22N4O2S/c1-2-15-27(24-25-21(17-31-24)19-11-7-4-8-12-19)23(30)20-13-14-22(29)28(26-20)16-18-9-5-3-6-10-18/h2-12,17H,1,13-16H2. The van der Waals surface area contributed by atoms with Gasteiger partial charge >= 0.3 is 0 Å². The number of anilines is 1. The van der Waals surface area contributed by atoms with E-state index < -0.39 is 0 Å². The monoisotopic (exact) mass is 430 g/mol. The van der Waals surface area contributed by atoms with Gasteiger partial charge in [0.05, 0.1) is 12.2 Å². The number of carbonyl (C=O) groups is 2. The normalized spacial score (nSPS) is 13.6. The molecule has 0 spiro atoms. The minimum absolute atomic E-state index is 0.0868. The molecule has 7 heteroatoms. The third-order valence-corrected chi connectivity index (χ3v) is 5.74. The maximum absolute atomic E-state index is 13.3. The van der Waals surface area contributed by atoms with E-state index in [2.05, 4.69) is 16.7 Å². The van der Waals surface area contributed by atoms with E-state index in [1.165, 1.54) is 16.3 Å². The van der Waals surface area contributed by atoms with Crippen LogP contribution in [0.4, 0.5) is 5.13 Å². The Balaban J connectivity index is 1.58. The summed E-state index contributed by atoms with van der Waals surface area (Å²) in [4.78, 5) is 31.9. The van der Waals surface area contributed by atoms with Crippen molar-refractivity contribution in [3.05, 3.63) is 84.3 Å². The van der Waals surface area contributed by atoms with Crippen molar-refractivity contribution >= 4 is 34.0 Å². The van der Waals surface area contributed by atoms with Crippen LogP contribution in [-0.2, 0) is 16.1 Å². The van der Waals surface area contributed by atoms with Gasteiger partial charge in [-0.1, -0.05) is 66.7 Å². The average Bonchev–Trinajstić information content (AvgIpc) is 3.30. The molecule has 0 fully saturated rings. The highest BCUT2D eigenvalue weighted by Crippen LogP contribution is 2.28. The van der Waals surface area contributed by atoms with Crippen LogP contribution in [0.25, 0.3) is 11.3 Å².